The van der Waals surface area contributed by atoms with E-state index in [0.717, 1.165) is 0 Å². The minimum Gasteiger partial charge on any atom is -0.382 e. The Bertz CT molecular complexity index is 528. The minimum atomic E-state index is -2.91. The molecule has 2 heterocycles. The van der Waals surface area contributed by atoms with E-state index in [1.54, 1.807) is 11.0 Å². The number of nitrogens with zero attached hydrogens (tertiary/aromatic N) is 3. The van der Waals surface area contributed by atoms with Crippen molar-refractivity contribution in [3.63, 3.8) is 0 Å². The molecule has 1 aliphatic rings. The molecule has 1 aromatic heterocycles. The highest BCUT2D eigenvalue weighted by atomic mass is 32.2. The Morgan fingerprint density at radius 1 is 1.41 bits per heavy atom. The topological polar surface area (TPSA) is 113 Å². The van der Waals surface area contributed by atoms with Crippen molar-refractivity contribution in [2.45, 2.75) is 0 Å². The molecule has 0 amide bonds. The van der Waals surface area contributed by atoms with Crippen LogP contribution >= 0.6 is 0 Å². The van der Waals surface area contributed by atoms with E-state index in [1.807, 2.05) is 0 Å². The number of rotatable bonds is 2. The first-order chi connectivity index (χ1) is 7.98. The molecule has 0 atom stereocenters. The molecule has 0 radical (unpaired) electrons. The van der Waals surface area contributed by atoms with Gasteiger partial charge in [0.25, 0.3) is 0 Å². The Morgan fingerprint density at radius 2 is 2.06 bits per heavy atom. The standard InChI is InChI=1S/C9H13N5O2S/c10-8(11)7-1-2-12-9(13-7)14-3-5-17(15,16)6-4-14/h1-2H,3-6H2,(H3,10,11). The number of nitrogens with two attached hydrogens (primary N) is 1. The molecule has 0 unspecified atom stereocenters. The fourth-order valence-corrected chi connectivity index (χ4v) is 2.76. The monoisotopic (exact) mass is 255 g/mol. The number of hydrogen-bond acceptors (Lipinski definition) is 6. The number of anilines is 1. The number of sulfone groups is 1. The van der Waals surface area contributed by atoms with Crippen LogP contribution in [0.4, 0.5) is 5.95 Å². The highest BCUT2D eigenvalue weighted by molar-refractivity contribution is 7.91. The van der Waals surface area contributed by atoms with Crippen LogP contribution in [0.3, 0.4) is 0 Å². The quantitative estimate of drug-likeness (QED) is 0.517. The predicted octanol–water partition coefficient (Wildman–Crippen LogP) is -1.00. The molecule has 0 aromatic carbocycles. The van der Waals surface area contributed by atoms with Gasteiger partial charge < -0.3 is 10.6 Å². The van der Waals surface area contributed by atoms with E-state index in [1.165, 1.54) is 6.20 Å². The van der Waals surface area contributed by atoms with Gasteiger partial charge in [0.1, 0.15) is 11.5 Å². The Morgan fingerprint density at radius 3 is 2.65 bits per heavy atom. The van der Waals surface area contributed by atoms with Gasteiger partial charge in [0.15, 0.2) is 9.84 Å². The van der Waals surface area contributed by atoms with Crippen LogP contribution in [0.1, 0.15) is 5.69 Å². The SMILES string of the molecule is N=C(N)c1ccnc(N2CCS(=O)(=O)CC2)n1. The summed E-state index contributed by atoms with van der Waals surface area (Å²) in [6.45, 7) is 0.757. The van der Waals surface area contributed by atoms with Crippen molar-refractivity contribution in [1.82, 2.24) is 9.97 Å². The highest BCUT2D eigenvalue weighted by Crippen LogP contribution is 2.12. The largest absolute Gasteiger partial charge is 0.382 e. The Labute approximate surface area is 99.1 Å². The average Bonchev–Trinajstić information content (AvgIpc) is 2.29. The van der Waals surface area contributed by atoms with Gasteiger partial charge in [-0.05, 0) is 6.07 Å². The summed E-state index contributed by atoms with van der Waals surface area (Å²) in [5, 5.41) is 7.28. The van der Waals surface area contributed by atoms with Crippen molar-refractivity contribution >= 4 is 21.6 Å². The van der Waals surface area contributed by atoms with Gasteiger partial charge >= 0.3 is 0 Å². The first-order valence-corrected chi connectivity index (χ1v) is 6.93. The fourth-order valence-electron chi connectivity index (χ4n) is 1.56. The molecule has 1 saturated heterocycles. The molecule has 8 heteroatoms. The van der Waals surface area contributed by atoms with E-state index in [9.17, 15) is 8.42 Å². The third kappa shape index (κ3) is 2.70. The van der Waals surface area contributed by atoms with Gasteiger partial charge in [0.2, 0.25) is 5.95 Å². The summed E-state index contributed by atoms with van der Waals surface area (Å²) in [4.78, 5) is 9.96. The smallest absolute Gasteiger partial charge is 0.226 e. The molecule has 2 rings (SSSR count). The predicted molar refractivity (Wildman–Crippen MR) is 63.9 cm³/mol. The second kappa shape index (κ2) is 4.28. The molecule has 1 fully saturated rings. The molecule has 0 aliphatic carbocycles. The third-order valence-electron chi connectivity index (χ3n) is 2.55. The number of nitrogens with one attached hydrogen (secondary N) is 1. The van der Waals surface area contributed by atoms with Crippen molar-refractivity contribution in [3.05, 3.63) is 18.0 Å². The zero-order chi connectivity index (χ0) is 12.5. The molecule has 7 nitrogen and oxygen atoms in total. The second-order valence-corrected chi connectivity index (χ2v) is 6.10. The maximum atomic E-state index is 11.3. The number of amidine groups is 1. The molecule has 92 valence electrons. The summed E-state index contributed by atoms with van der Waals surface area (Å²) >= 11 is 0. The lowest BCUT2D eigenvalue weighted by molar-refractivity contribution is 0.585. The molecule has 0 bridgehead atoms. The molecule has 1 aromatic rings. The summed E-state index contributed by atoms with van der Waals surface area (Å²) in [6.07, 6.45) is 1.52. The van der Waals surface area contributed by atoms with Crippen molar-refractivity contribution in [3.8, 4) is 0 Å². The van der Waals surface area contributed by atoms with Crippen LogP contribution in [0.25, 0.3) is 0 Å². The molecule has 3 N–H and O–H groups in total. The van der Waals surface area contributed by atoms with Gasteiger partial charge in [-0.2, -0.15) is 0 Å². The van der Waals surface area contributed by atoms with Crippen molar-refractivity contribution in [2.24, 2.45) is 5.73 Å². The van der Waals surface area contributed by atoms with Crippen LogP contribution < -0.4 is 10.6 Å². The summed E-state index contributed by atoms with van der Waals surface area (Å²) < 4.78 is 22.6. The normalized spacial score (nSPS) is 18.9. The van der Waals surface area contributed by atoms with Crippen LogP contribution in [-0.4, -0.2) is 48.8 Å². The zero-order valence-corrected chi connectivity index (χ0v) is 9.94. The average molecular weight is 255 g/mol. The molecule has 0 saturated carbocycles. The first-order valence-electron chi connectivity index (χ1n) is 5.11. The molecule has 0 spiro atoms. The van der Waals surface area contributed by atoms with Crippen molar-refractivity contribution in [1.29, 1.82) is 5.41 Å². The van der Waals surface area contributed by atoms with Gasteiger partial charge in [0, 0.05) is 19.3 Å². The lowest BCUT2D eigenvalue weighted by Crippen LogP contribution is -2.41. The van der Waals surface area contributed by atoms with E-state index >= 15 is 0 Å². The maximum absolute atomic E-state index is 11.3. The van der Waals surface area contributed by atoms with Gasteiger partial charge in [-0.1, -0.05) is 0 Å². The van der Waals surface area contributed by atoms with Gasteiger partial charge in [0.05, 0.1) is 11.5 Å². The van der Waals surface area contributed by atoms with Gasteiger partial charge in [-0.15, -0.1) is 0 Å². The van der Waals surface area contributed by atoms with E-state index in [2.05, 4.69) is 9.97 Å². The lowest BCUT2D eigenvalue weighted by atomic mass is 10.4. The van der Waals surface area contributed by atoms with Gasteiger partial charge in [-0.25, -0.2) is 18.4 Å². The van der Waals surface area contributed by atoms with E-state index in [4.69, 9.17) is 11.1 Å². The summed E-state index contributed by atoms with van der Waals surface area (Å²) in [7, 11) is -2.91. The van der Waals surface area contributed by atoms with Crippen LogP contribution in [0.15, 0.2) is 12.3 Å². The molecule has 17 heavy (non-hydrogen) atoms. The Balaban J connectivity index is 2.18. The zero-order valence-electron chi connectivity index (χ0n) is 9.13. The van der Waals surface area contributed by atoms with Crippen molar-refractivity contribution in [2.75, 3.05) is 29.5 Å². The summed E-state index contributed by atoms with van der Waals surface area (Å²) in [5.74, 6) is 0.521. The van der Waals surface area contributed by atoms with Crippen LogP contribution in [-0.2, 0) is 9.84 Å². The highest BCUT2D eigenvalue weighted by Gasteiger charge is 2.23. The fraction of sp³-hybridized carbons (Fsp3) is 0.444. The summed E-state index contributed by atoms with van der Waals surface area (Å²) in [6, 6.07) is 1.55. The van der Waals surface area contributed by atoms with E-state index in [0.29, 0.717) is 24.7 Å². The second-order valence-electron chi connectivity index (χ2n) is 3.79. The third-order valence-corrected chi connectivity index (χ3v) is 4.16. The lowest BCUT2D eigenvalue weighted by Gasteiger charge is -2.26. The number of aromatic nitrogens is 2. The maximum Gasteiger partial charge on any atom is 0.226 e. The number of hydrogen-bond donors (Lipinski definition) is 2. The molecular formula is C9H13N5O2S. The van der Waals surface area contributed by atoms with E-state index < -0.39 is 9.84 Å². The molecule has 1 aliphatic heterocycles. The van der Waals surface area contributed by atoms with Crippen LogP contribution in [0.5, 0.6) is 0 Å². The van der Waals surface area contributed by atoms with Crippen LogP contribution in [0.2, 0.25) is 0 Å². The van der Waals surface area contributed by atoms with Crippen molar-refractivity contribution < 1.29 is 8.42 Å². The van der Waals surface area contributed by atoms with Crippen LogP contribution in [0, 0.1) is 5.41 Å². The first kappa shape index (κ1) is 11.8. The Hall–Kier alpha value is -1.70. The minimum absolute atomic E-state index is 0.112. The molecular weight excluding hydrogens is 242 g/mol. The number of nitrogen functional groups attached to an aromatic ring is 1. The Kier molecular flexibility index (Phi) is 2.97. The van der Waals surface area contributed by atoms with E-state index in [-0.39, 0.29) is 17.3 Å². The summed E-state index contributed by atoms with van der Waals surface area (Å²) in [5.41, 5.74) is 5.68. The van der Waals surface area contributed by atoms with Gasteiger partial charge in [-0.3, -0.25) is 5.41 Å².